The highest BCUT2D eigenvalue weighted by Gasteiger charge is 2.42. The number of carbonyl (C=O) groups is 1. The first-order chi connectivity index (χ1) is 11.5. The fourth-order valence-corrected chi connectivity index (χ4v) is 3.16. The second-order valence-electron chi connectivity index (χ2n) is 6.71. The van der Waals surface area contributed by atoms with E-state index in [9.17, 15) is 9.59 Å². The van der Waals surface area contributed by atoms with Gasteiger partial charge in [0.15, 0.2) is 5.82 Å². The maximum absolute atomic E-state index is 12.4. The van der Waals surface area contributed by atoms with Gasteiger partial charge in [-0.3, -0.25) is 14.6 Å². The van der Waals surface area contributed by atoms with Gasteiger partial charge in [-0.1, -0.05) is 6.92 Å². The summed E-state index contributed by atoms with van der Waals surface area (Å²) in [5.74, 6) is 1.22. The molecule has 0 radical (unpaired) electrons. The monoisotopic (exact) mass is 325 g/mol. The van der Waals surface area contributed by atoms with Crippen molar-refractivity contribution < 1.29 is 4.79 Å². The molecule has 2 aromatic rings. The van der Waals surface area contributed by atoms with Gasteiger partial charge in [0.1, 0.15) is 5.69 Å². The number of amides is 1. The first-order valence-electron chi connectivity index (χ1n) is 8.23. The summed E-state index contributed by atoms with van der Waals surface area (Å²) in [4.78, 5) is 42.4. The summed E-state index contributed by atoms with van der Waals surface area (Å²) in [5.41, 5.74) is 2.52. The van der Waals surface area contributed by atoms with Crippen molar-refractivity contribution in [2.75, 3.05) is 6.54 Å². The number of nitrogens with zero attached hydrogens (tertiary/aromatic N) is 4. The van der Waals surface area contributed by atoms with Crippen LogP contribution in [0.15, 0.2) is 17.2 Å². The minimum absolute atomic E-state index is 0.149. The van der Waals surface area contributed by atoms with Crippen LogP contribution in [0.5, 0.6) is 0 Å². The number of carbonyl (C=O) groups excluding carboxylic acids is 1. The molecule has 1 amide bonds. The van der Waals surface area contributed by atoms with Crippen LogP contribution in [0.4, 0.5) is 0 Å². The van der Waals surface area contributed by atoms with Crippen LogP contribution in [-0.2, 0) is 17.8 Å². The van der Waals surface area contributed by atoms with Crippen LogP contribution < -0.4 is 5.56 Å². The standard InChI is InChI=1S/C17H19N5O2/c1-9-5-12(9)17(24)22-4-3-11-14(8-22)20-15(21-16(11)23)13-7-18-10(2)6-19-13/h6-7,9,12H,3-5,8H2,1-2H3,(H,20,21,23)/t9-,12-/m0/s1. The molecule has 0 saturated heterocycles. The molecule has 0 spiro atoms. The first-order valence-corrected chi connectivity index (χ1v) is 8.23. The van der Waals surface area contributed by atoms with Gasteiger partial charge >= 0.3 is 0 Å². The number of aromatic amines is 1. The third kappa shape index (κ3) is 2.60. The van der Waals surface area contributed by atoms with Crippen molar-refractivity contribution in [2.45, 2.75) is 33.2 Å². The smallest absolute Gasteiger partial charge is 0.254 e. The van der Waals surface area contributed by atoms with E-state index in [0.717, 1.165) is 12.1 Å². The maximum atomic E-state index is 12.4. The predicted octanol–water partition coefficient (Wildman–Crippen LogP) is 1.08. The molecule has 3 heterocycles. The summed E-state index contributed by atoms with van der Waals surface area (Å²) in [5, 5.41) is 0. The van der Waals surface area contributed by atoms with Crippen molar-refractivity contribution in [1.82, 2.24) is 24.8 Å². The lowest BCUT2D eigenvalue weighted by atomic mass is 10.1. The molecule has 0 bridgehead atoms. The molecule has 1 N–H and O–H groups in total. The number of fused-ring (bicyclic) bond motifs is 1. The molecule has 0 unspecified atom stereocenters. The lowest BCUT2D eigenvalue weighted by Crippen LogP contribution is -2.40. The zero-order chi connectivity index (χ0) is 16.8. The third-order valence-corrected chi connectivity index (χ3v) is 4.84. The molecular weight excluding hydrogens is 306 g/mol. The summed E-state index contributed by atoms with van der Waals surface area (Å²) in [7, 11) is 0. The molecule has 0 aromatic carbocycles. The number of H-pyrrole nitrogens is 1. The van der Waals surface area contributed by atoms with E-state index in [1.807, 2.05) is 11.8 Å². The Morgan fingerprint density at radius 1 is 1.33 bits per heavy atom. The second-order valence-corrected chi connectivity index (χ2v) is 6.71. The van der Waals surface area contributed by atoms with Crippen LogP contribution in [0.2, 0.25) is 0 Å². The molecule has 7 heteroatoms. The number of hydrogen-bond acceptors (Lipinski definition) is 5. The highest BCUT2D eigenvalue weighted by molar-refractivity contribution is 5.81. The van der Waals surface area contributed by atoms with Gasteiger partial charge in [-0.2, -0.15) is 0 Å². The Morgan fingerprint density at radius 2 is 2.12 bits per heavy atom. The Kier molecular flexibility index (Phi) is 3.44. The van der Waals surface area contributed by atoms with E-state index in [1.165, 1.54) is 0 Å². The van der Waals surface area contributed by atoms with Crippen LogP contribution in [0.1, 0.15) is 30.3 Å². The van der Waals surface area contributed by atoms with Gasteiger partial charge in [0.25, 0.3) is 5.56 Å². The molecule has 1 aliphatic carbocycles. The minimum atomic E-state index is -0.149. The summed E-state index contributed by atoms with van der Waals surface area (Å²) in [6.07, 6.45) is 4.75. The molecule has 2 aromatic heterocycles. The van der Waals surface area contributed by atoms with Gasteiger partial charge in [0, 0.05) is 24.2 Å². The molecule has 24 heavy (non-hydrogen) atoms. The summed E-state index contributed by atoms with van der Waals surface area (Å²) < 4.78 is 0. The van der Waals surface area contributed by atoms with Crippen molar-refractivity contribution in [2.24, 2.45) is 11.8 Å². The van der Waals surface area contributed by atoms with Crippen molar-refractivity contribution in [3.8, 4) is 11.5 Å². The Bertz CT molecular complexity index is 858. The number of aromatic nitrogens is 4. The van der Waals surface area contributed by atoms with Crippen LogP contribution in [-0.4, -0.2) is 37.3 Å². The zero-order valence-corrected chi connectivity index (χ0v) is 13.7. The van der Waals surface area contributed by atoms with Crippen LogP contribution in [0.3, 0.4) is 0 Å². The van der Waals surface area contributed by atoms with Crippen molar-refractivity contribution >= 4 is 5.91 Å². The normalized spacial score (nSPS) is 22.2. The van der Waals surface area contributed by atoms with E-state index in [-0.39, 0.29) is 17.4 Å². The van der Waals surface area contributed by atoms with Crippen LogP contribution in [0.25, 0.3) is 11.5 Å². The van der Waals surface area contributed by atoms with Gasteiger partial charge < -0.3 is 9.88 Å². The van der Waals surface area contributed by atoms with E-state index < -0.39 is 0 Å². The Balaban J connectivity index is 1.65. The average Bonchev–Trinajstić information content (AvgIpc) is 3.31. The quantitative estimate of drug-likeness (QED) is 0.892. The topological polar surface area (TPSA) is 91.8 Å². The van der Waals surface area contributed by atoms with Crippen LogP contribution in [0, 0.1) is 18.8 Å². The van der Waals surface area contributed by atoms with Crippen molar-refractivity contribution in [1.29, 1.82) is 0 Å². The maximum Gasteiger partial charge on any atom is 0.254 e. The third-order valence-electron chi connectivity index (χ3n) is 4.84. The van der Waals surface area contributed by atoms with E-state index in [2.05, 4.69) is 26.9 Å². The molecule has 1 fully saturated rings. The largest absolute Gasteiger partial charge is 0.336 e. The summed E-state index contributed by atoms with van der Waals surface area (Å²) in [6, 6.07) is 0. The number of hydrogen-bond donors (Lipinski definition) is 1. The molecule has 124 valence electrons. The van der Waals surface area contributed by atoms with Crippen molar-refractivity contribution in [3.63, 3.8) is 0 Å². The molecule has 2 aliphatic rings. The van der Waals surface area contributed by atoms with Gasteiger partial charge in [-0.25, -0.2) is 9.97 Å². The Labute approximate surface area is 139 Å². The average molecular weight is 325 g/mol. The highest BCUT2D eigenvalue weighted by atomic mass is 16.2. The summed E-state index contributed by atoms with van der Waals surface area (Å²) in [6.45, 7) is 4.93. The van der Waals surface area contributed by atoms with Crippen molar-refractivity contribution in [3.05, 3.63) is 39.7 Å². The molecule has 2 atom stereocenters. The molecule has 7 nitrogen and oxygen atoms in total. The van der Waals surface area contributed by atoms with E-state index in [1.54, 1.807) is 12.4 Å². The fraction of sp³-hybridized carbons (Fsp3) is 0.471. The molecule has 4 rings (SSSR count). The van der Waals surface area contributed by atoms with Gasteiger partial charge in [0.05, 0.1) is 24.1 Å². The van der Waals surface area contributed by atoms with Gasteiger partial charge in [0.2, 0.25) is 5.91 Å². The molecular formula is C17H19N5O2. The Hall–Kier alpha value is -2.57. The first kappa shape index (κ1) is 15.0. The van der Waals surface area contributed by atoms with Crippen LogP contribution >= 0.6 is 0 Å². The minimum Gasteiger partial charge on any atom is -0.336 e. The van der Waals surface area contributed by atoms with Gasteiger partial charge in [-0.05, 0) is 25.7 Å². The number of aryl methyl sites for hydroxylation is 1. The highest BCUT2D eigenvalue weighted by Crippen LogP contribution is 2.39. The molecule has 1 aliphatic heterocycles. The van der Waals surface area contributed by atoms with E-state index >= 15 is 0 Å². The Morgan fingerprint density at radius 3 is 2.79 bits per heavy atom. The van der Waals surface area contributed by atoms with Gasteiger partial charge in [-0.15, -0.1) is 0 Å². The van der Waals surface area contributed by atoms with E-state index in [0.29, 0.717) is 48.2 Å². The summed E-state index contributed by atoms with van der Waals surface area (Å²) >= 11 is 0. The lowest BCUT2D eigenvalue weighted by molar-refractivity contribution is -0.133. The number of rotatable bonds is 2. The number of nitrogens with one attached hydrogen (secondary N) is 1. The van der Waals surface area contributed by atoms with E-state index in [4.69, 9.17) is 0 Å². The molecule has 1 saturated carbocycles. The zero-order valence-electron chi connectivity index (χ0n) is 13.7. The SMILES string of the molecule is Cc1cnc(-c2nc3c(c(=O)[nH]2)CCN(C(=O)[C@H]2C[C@@H]2C)C3)cn1. The predicted molar refractivity (Wildman–Crippen MR) is 87.0 cm³/mol. The lowest BCUT2D eigenvalue weighted by Gasteiger charge is -2.28. The second kappa shape index (κ2) is 5.51. The fourth-order valence-electron chi connectivity index (χ4n) is 3.16.